The van der Waals surface area contributed by atoms with Crippen molar-refractivity contribution in [2.45, 2.75) is 18.9 Å². The Kier molecular flexibility index (Phi) is 3.64. The van der Waals surface area contributed by atoms with Gasteiger partial charge in [0.2, 0.25) is 0 Å². The van der Waals surface area contributed by atoms with E-state index in [2.05, 4.69) is 0 Å². The Morgan fingerprint density at radius 1 is 1.38 bits per heavy atom. The summed E-state index contributed by atoms with van der Waals surface area (Å²) in [4.78, 5) is 0. The minimum absolute atomic E-state index is 0.192. The van der Waals surface area contributed by atoms with E-state index in [9.17, 15) is 8.78 Å². The van der Waals surface area contributed by atoms with Crippen molar-refractivity contribution in [1.82, 2.24) is 0 Å². The quantitative estimate of drug-likeness (QED) is 0.553. The van der Waals surface area contributed by atoms with Crippen molar-refractivity contribution >= 4 is 0 Å². The third-order valence-electron chi connectivity index (χ3n) is 0.824. The van der Waals surface area contributed by atoms with Gasteiger partial charge in [-0.15, -0.1) is 0 Å². The first-order valence-electron chi connectivity index (χ1n) is 2.42. The lowest BCUT2D eigenvalue weighted by molar-refractivity contribution is 0.113. The minimum atomic E-state index is -2.43. The summed E-state index contributed by atoms with van der Waals surface area (Å²) in [6.45, 7) is 0.228. The van der Waals surface area contributed by atoms with E-state index in [0.29, 0.717) is 0 Å². The third kappa shape index (κ3) is 2.87. The molecule has 0 aromatic rings. The second kappa shape index (κ2) is 3.74. The molecule has 0 amide bonds. The van der Waals surface area contributed by atoms with Gasteiger partial charge in [0, 0.05) is 0 Å². The highest BCUT2D eigenvalue weighted by Gasteiger charge is 2.12. The molecule has 4 N–H and O–H groups in total. The summed E-state index contributed by atoms with van der Waals surface area (Å²) in [7, 11) is 0. The second-order valence-corrected chi connectivity index (χ2v) is 1.58. The highest BCUT2D eigenvalue weighted by molar-refractivity contribution is 4.62. The smallest absolute Gasteiger partial charge is 0.253 e. The average molecular weight is 124 g/mol. The average Bonchev–Trinajstić information content (AvgIpc) is 1.67. The van der Waals surface area contributed by atoms with Gasteiger partial charge < -0.3 is 11.5 Å². The maximum absolute atomic E-state index is 11.4. The summed E-state index contributed by atoms with van der Waals surface area (Å²) in [6.07, 6.45) is -2.24. The van der Waals surface area contributed by atoms with Crippen LogP contribution in [0.15, 0.2) is 0 Å². The van der Waals surface area contributed by atoms with Gasteiger partial charge in [-0.1, -0.05) is 0 Å². The molecule has 0 aliphatic heterocycles. The zero-order valence-electron chi connectivity index (χ0n) is 4.48. The number of rotatable bonds is 3. The van der Waals surface area contributed by atoms with Crippen molar-refractivity contribution in [2.75, 3.05) is 6.54 Å². The molecular formula is C4H10F2N2. The molecule has 0 aliphatic carbocycles. The van der Waals surface area contributed by atoms with E-state index in [4.69, 9.17) is 11.5 Å². The highest BCUT2D eigenvalue weighted by Crippen LogP contribution is 1.99. The molecule has 0 heterocycles. The number of nitrogens with two attached hydrogens (primary N) is 2. The van der Waals surface area contributed by atoms with Crippen molar-refractivity contribution in [3.8, 4) is 0 Å². The first-order chi connectivity index (χ1) is 3.68. The van der Waals surface area contributed by atoms with Gasteiger partial charge in [-0.2, -0.15) is 0 Å². The molecule has 0 spiro atoms. The van der Waals surface area contributed by atoms with E-state index < -0.39 is 12.5 Å². The Hall–Kier alpha value is -0.220. The molecule has 0 aliphatic rings. The topological polar surface area (TPSA) is 52.0 Å². The molecule has 2 nitrogen and oxygen atoms in total. The normalized spacial score (nSPS) is 14.6. The summed E-state index contributed by atoms with van der Waals surface area (Å²) in [5, 5.41) is 0. The molecule has 1 unspecified atom stereocenters. The fourth-order valence-corrected chi connectivity index (χ4v) is 0.318. The van der Waals surface area contributed by atoms with Gasteiger partial charge in [0.25, 0.3) is 6.43 Å². The Morgan fingerprint density at radius 3 is 2.00 bits per heavy atom. The maximum Gasteiger partial charge on any atom is 0.253 e. The number of alkyl halides is 2. The second-order valence-electron chi connectivity index (χ2n) is 1.58. The van der Waals surface area contributed by atoms with Crippen LogP contribution in [0.4, 0.5) is 8.78 Å². The van der Waals surface area contributed by atoms with E-state index in [1.807, 2.05) is 0 Å². The summed E-state index contributed by atoms with van der Waals surface area (Å²) in [5.41, 5.74) is 9.85. The van der Waals surface area contributed by atoms with Crippen molar-refractivity contribution in [3.05, 3.63) is 0 Å². The van der Waals surface area contributed by atoms with Crippen LogP contribution in [-0.2, 0) is 0 Å². The Labute approximate surface area is 46.8 Å². The summed E-state index contributed by atoms with van der Waals surface area (Å²) in [6, 6.07) is -1.04. The number of halogens is 2. The molecule has 8 heavy (non-hydrogen) atoms. The Bertz CT molecular complexity index is 58.0. The van der Waals surface area contributed by atoms with Crippen molar-refractivity contribution in [1.29, 1.82) is 0 Å². The molecule has 0 aromatic heterocycles. The van der Waals surface area contributed by atoms with Gasteiger partial charge in [-0.25, -0.2) is 8.78 Å². The summed E-state index contributed by atoms with van der Waals surface area (Å²) < 4.78 is 22.9. The van der Waals surface area contributed by atoms with Crippen LogP contribution in [0.2, 0.25) is 0 Å². The first kappa shape index (κ1) is 7.78. The lowest BCUT2D eigenvalue weighted by Gasteiger charge is -2.06. The zero-order valence-corrected chi connectivity index (χ0v) is 4.48. The molecule has 0 radical (unpaired) electrons. The van der Waals surface area contributed by atoms with Gasteiger partial charge in [-0.3, -0.25) is 0 Å². The van der Waals surface area contributed by atoms with Gasteiger partial charge in [-0.05, 0) is 13.0 Å². The molecule has 0 saturated heterocycles. The molecule has 0 aromatic carbocycles. The van der Waals surface area contributed by atoms with Crippen molar-refractivity contribution in [2.24, 2.45) is 11.5 Å². The molecule has 0 fully saturated rings. The number of hydrogen-bond donors (Lipinski definition) is 2. The highest BCUT2D eigenvalue weighted by atomic mass is 19.3. The lowest BCUT2D eigenvalue weighted by atomic mass is 10.2. The number of hydrogen-bond acceptors (Lipinski definition) is 2. The molecule has 0 saturated carbocycles. The van der Waals surface area contributed by atoms with Crippen LogP contribution in [0.25, 0.3) is 0 Å². The Balaban J connectivity index is 3.17. The van der Waals surface area contributed by atoms with Crippen molar-refractivity contribution in [3.63, 3.8) is 0 Å². The van der Waals surface area contributed by atoms with Crippen molar-refractivity contribution < 1.29 is 8.78 Å². The summed E-state index contributed by atoms with van der Waals surface area (Å²) in [5.74, 6) is 0. The molecule has 0 rings (SSSR count). The summed E-state index contributed by atoms with van der Waals surface area (Å²) >= 11 is 0. The van der Waals surface area contributed by atoms with E-state index in [1.54, 1.807) is 0 Å². The monoisotopic (exact) mass is 124 g/mol. The van der Waals surface area contributed by atoms with Crippen LogP contribution in [0, 0.1) is 0 Å². The van der Waals surface area contributed by atoms with Crippen LogP contribution < -0.4 is 11.5 Å². The predicted octanol–water partition coefficient (Wildman–Crippen LogP) is -0.0724. The van der Waals surface area contributed by atoms with Gasteiger partial charge >= 0.3 is 0 Å². The molecule has 50 valence electrons. The van der Waals surface area contributed by atoms with Crippen LogP contribution in [-0.4, -0.2) is 19.0 Å². The predicted molar refractivity (Wildman–Crippen MR) is 27.7 cm³/mol. The van der Waals surface area contributed by atoms with Gasteiger partial charge in [0.15, 0.2) is 0 Å². The van der Waals surface area contributed by atoms with E-state index >= 15 is 0 Å². The molecule has 4 heteroatoms. The van der Waals surface area contributed by atoms with Crippen LogP contribution in [0.3, 0.4) is 0 Å². The zero-order chi connectivity index (χ0) is 6.57. The molecule has 1 atom stereocenters. The lowest BCUT2D eigenvalue weighted by Crippen LogP contribution is -2.30. The third-order valence-corrected chi connectivity index (χ3v) is 0.824. The van der Waals surface area contributed by atoms with E-state index in [0.717, 1.165) is 0 Å². The fraction of sp³-hybridized carbons (Fsp3) is 1.00. The standard InChI is InChI=1S/C4H10F2N2/c5-4(6)3(8)1-2-7/h3-4H,1-2,7-8H2. The van der Waals surface area contributed by atoms with Gasteiger partial charge in [0.1, 0.15) is 0 Å². The fourth-order valence-electron chi connectivity index (χ4n) is 0.318. The minimum Gasteiger partial charge on any atom is -0.330 e. The maximum atomic E-state index is 11.4. The first-order valence-corrected chi connectivity index (χ1v) is 2.42. The Morgan fingerprint density at radius 2 is 1.88 bits per heavy atom. The van der Waals surface area contributed by atoms with Crippen LogP contribution in [0.1, 0.15) is 6.42 Å². The SMILES string of the molecule is NCCC(N)C(F)F. The molecule has 0 bridgehead atoms. The van der Waals surface area contributed by atoms with E-state index in [-0.39, 0.29) is 13.0 Å². The van der Waals surface area contributed by atoms with Crippen LogP contribution >= 0.6 is 0 Å². The van der Waals surface area contributed by atoms with Gasteiger partial charge in [0.05, 0.1) is 6.04 Å². The largest absolute Gasteiger partial charge is 0.330 e. The van der Waals surface area contributed by atoms with E-state index in [1.165, 1.54) is 0 Å². The molecular weight excluding hydrogens is 114 g/mol. The van der Waals surface area contributed by atoms with Crippen LogP contribution in [0.5, 0.6) is 0 Å².